The van der Waals surface area contributed by atoms with Gasteiger partial charge >= 0.3 is 0 Å². The summed E-state index contributed by atoms with van der Waals surface area (Å²) in [7, 11) is 0. The number of aliphatic hydroxyl groups excluding tert-OH is 7. The van der Waals surface area contributed by atoms with Crippen LogP contribution in [0.2, 0.25) is 0 Å². The molecule has 0 bridgehead atoms. The average molecular weight is 872 g/mol. The number of rotatable bonds is 43. The Labute approximate surface area is 372 Å². The molecule has 1 aliphatic rings. The third kappa shape index (κ3) is 29.8. The molecule has 0 spiro atoms. The number of unbranched alkanes of at least 4 members (excludes halogenated alkanes) is 29. The Balaban J connectivity index is 2.34. The van der Waals surface area contributed by atoms with E-state index in [0.717, 1.165) is 38.5 Å². The summed E-state index contributed by atoms with van der Waals surface area (Å²) in [5.41, 5.74) is 0. The van der Waals surface area contributed by atoms with E-state index in [-0.39, 0.29) is 12.8 Å². The molecular formula is C50H97NO10. The maximum absolute atomic E-state index is 13.0. The van der Waals surface area contributed by atoms with Crippen molar-refractivity contribution in [3.8, 4) is 0 Å². The molecule has 1 amide bonds. The smallest absolute Gasteiger partial charge is 0.249 e. The van der Waals surface area contributed by atoms with E-state index in [1.807, 2.05) is 0 Å². The maximum atomic E-state index is 13.0. The van der Waals surface area contributed by atoms with Crippen molar-refractivity contribution in [3.05, 3.63) is 12.2 Å². The Morgan fingerprint density at radius 2 is 0.967 bits per heavy atom. The van der Waals surface area contributed by atoms with Gasteiger partial charge in [-0.2, -0.15) is 0 Å². The molecule has 0 aliphatic carbocycles. The fraction of sp³-hybridized carbons (Fsp3) is 0.940. The monoisotopic (exact) mass is 872 g/mol. The van der Waals surface area contributed by atoms with Crippen molar-refractivity contribution in [2.24, 2.45) is 0 Å². The molecule has 8 N–H and O–H groups in total. The average Bonchev–Trinajstić information content (AvgIpc) is 3.26. The highest BCUT2D eigenvalue weighted by molar-refractivity contribution is 5.80. The van der Waals surface area contributed by atoms with Gasteiger partial charge in [-0.05, 0) is 38.5 Å². The highest BCUT2D eigenvalue weighted by atomic mass is 16.7. The van der Waals surface area contributed by atoms with Gasteiger partial charge in [0, 0.05) is 0 Å². The maximum Gasteiger partial charge on any atom is 0.249 e. The highest BCUT2D eigenvalue weighted by Gasteiger charge is 2.44. The summed E-state index contributed by atoms with van der Waals surface area (Å²) in [6.45, 7) is 3.42. The lowest BCUT2D eigenvalue weighted by molar-refractivity contribution is -0.303. The number of allylic oxidation sites excluding steroid dienone is 2. The summed E-state index contributed by atoms with van der Waals surface area (Å²) in [6, 6.07) is -1.18. The van der Waals surface area contributed by atoms with E-state index in [1.165, 1.54) is 154 Å². The van der Waals surface area contributed by atoms with Gasteiger partial charge in [0.1, 0.15) is 36.6 Å². The minimum absolute atomic E-state index is 0.257. The molecule has 1 heterocycles. The molecule has 362 valence electrons. The van der Waals surface area contributed by atoms with E-state index in [9.17, 15) is 40.5 Å². The van der Waals surface area contributed by atoms with Crippen LogP contribution < -0.4 is 5.32 Å². The normalized spacial score (nSPS) is 21.5. The first-order chi connectivity index (χ1) is 29.7. The van der Waals surface area contributed by atoms with Crippen molar-refractivity contribution in [1.29, 1.82) is 0 Å². The second kappa shape index (κ2) is 40.4. The molecule has 9 atom stereocenters. The van der Waals surface area contributed by atoms with Crippen LogP contribution >= 0.6 is 0 Å². The van der Waals surface area contributed by atoms with Gasteiger partial charge < -0.3 is 50.5 Å². The van der Waals surface area contributed by atoms with Crippen LogP contribution in [0.1, 0.15) is 232 Å². The van der Waals surface area contributed by atoms with Crippen LogP contribution in [-0.2, 0) is 14.3 Å². The minimum atomic E-state index is -1.66. The van der Waals surface area contributed by atoms with Crippen molar-refractivity contribution in [1.82, 2.24) is 5.32 Å². The van der Waals surface area contributed by atoms with Gasteiger partial charge in [-0.15, -0.1) is 0 Å². The summed E-state index contributed by atoms with van der Waals surface area (Å²) in [5.74, 6) is -0.706. The zero-order valence-electron chi connectivity index (χ0n) is 39.2. The molecule has 1 saturated heterocycles. The van der Waals surface area contributed by atoms with Gasteiger partial charge in [-0.25, -0.2) is 0 Å². The van der Waals surface area contributed by atoms with Crippen LogP contribution in [0.4, 0.5) is 0 Å². The van der Waals surface area contributed by atoms with Crippen LogP contribution in [0.25, 0.3) is 0 Å². The van der Waals surface area contributed by atoms with E-state index < -0.39 is 74.2 Å². The largest absolute Gasteiger partial charge is 0.394 e. The molecule has 9 unspecified atom stereocenters. The highest BCUT2D eigenvalue weighted by Crippen LogP contribution is 2.23. The zero-order valence-corrected chi connectivity index (χ0v) is 39.2. The Kier molecular flexibility index (Phi) is 38.3. The van der Waals surface area contributed by atoms with E-state index in [1.54, 1.807) is 0 Å². The van der Waals surface area contributed by atoms with Crippen LogP contribution in [0.15, 0.2) is 12.2 Å². The zero-order chi connectivity index (χ0) is 44.8. The summed E-state index contributed by atoms with van der Waals surface area (Å²) < 4.78 is 11.1. The minimum Gasteiger partial charge on any atom is -0.394 e. The molecule has 0 aromatic rings. The number of nitrogens with one attached hydrogen (secondary N) is 1. The summed E-state index contributed by atoms with van der Waals surface area (Å²) in [5, 5.41) is 75.6. The van der Waals surface area contributed by atoms with Crippen LogP contribution in [0, 0.1) is 0 Å². The lowest BCUT2D eigenvalue weighted by Gasteiger charge is -2.40. The van der Waals surface area contributed by atoms with Crippen molar-refractivity contribution < 1.29 is 50.0 Å². The SMILES string of the molecule is CCCCCCCCCCCCCCCCCCCCC/C=C/CCCC(O)C(O)C(COC1OC(CO)C(O)C(O)C1O)NC(=O)C(O)CCCCCCCCCCCC. The van der Waals surface area contributed by atoms with Crippen molar-refractivity contribution >= 4 is 5.91 Å². The van der Waals surface area contributed by atoms with E-state index in [4.69, 9.17) is 9.47 Å². The van der Waals surface area contributed by atoms with Gasteiger partial charge in [0.15, 0.2) is 6.29 Å². The molecule has 0 aromatic carbocycles. The van der Waals surface area contributed by atoms with Gasteiger partial charge in [-0.3, -0.25) is 4.79 Å². The van der Waals surface area contributed by atoms with E-state index >= 15 is 0 Å². The molecule has 0 saturated carbocycles. The molecule has 11 nitrogen and oxygen atoms in total. The molecule has 1 rings (SSSR count). The number of amides is 1. The van der Waals surface area contributed by atoms with Gasteiger partial charge in [-0.1, -0.05) is 206 Å². The summed E-state index contributed by atoms with van der Waals surface area (Å²) in [6.07, 6.45) is 32.9. The predicted octanol–water partition coefficient (Wildman–Crippen LogP) is 9.23. The first kappa shape index (κ1) is 57.9. The van der Waals surface area contributed by atoms with Crippen LogP contribution in [-0.4, -0.2) is 110 Å². The molecule has 0 aromatic heterocycles. The number of hydrogen-bond acceptors (Lipinski definition) is 10. The van der Waals surface area contributed by atoms with Crippen LogP contribution in [0.5, 0.6) is 0 Å². The summed E-state index contributed by atoms with van der Waals surface area (Å²) in [4.78, 5) is 13.0. The first-order valence-corrected chi connectivity index (χ1v) is 25.6. The molecule has 0 radical (unpaired) electrons. The number of hydrogen-bond donors (Lipinski definition) is 8. The molecule has 1 fully saturated rings. The molecular weight excluding hydrogens is 775 g/mol. The number of ether oxygens (including phenoxy) is 2. The summed E-state index contributed by atoms with van der Waals surface area (Å²) >= 11 is 0. The van der Waals surface area contributed by atoms with Gasteiger partial charge in [0.05, 0.1) is 25.4 Å². The van der Waals surface area contributed by atoms with Crippen molar-refractivity contribution in [3.63, 3.8) is 0 Å². The number of carbonyl (C=O) groups excluding carboxylic acids is 1. The van der Waals surface area contributed by atoms with Crippen LogP contribution in [0.3, 0.4) is 0 Å². The predicted molar refractivity (Wildman–Crippen MR) is 247 cm³/mol. The standard InChI is InChI=1S/C50H97NO10/c1-3-5-7-9-11-13-15-16-17-18-19-20-21-22-23-24-25-26-27-28-30-31-33-35-37-42(53)45(55)41(40-60-50-48(58)47(57)46(56)44(39-52)61-50)51-49(59)43(54)38-36-34-32-29-14-12-10-8-6-4-2/h30-31,41-48,50,52-58H,3-29,32-40H2,1-2H3,(H,51,59)/b31-30+. The third-order valence-electron chi connectivity index (χ3n) is 12.6. The lowest BCUT2D eigenvalue weighted by atomic mass is 9.98. The fourth-order valence-corrected chi connectivity index (χ4v) is 8.32. The van der Waals surface area contributed by atoms with E-state index in [2.05, 4.69) is 31.3 Å². The van der Waals surface area contributed by atoms with E-state index in [0.29, 0.717) is 12.8 Å². The molecule has 1 aliphatic heterocycles. The Hall–Kier alpha value is -1.15. The van der Waals surface area contributed by atoms with Gasteiger partial charge in [0.25, 0.3) is 0 Å². The lowest BCUT2D eigenvalue weighted by Crippen LogP contribution is -2.60. The number of carbonyl (C=O) groups is 1. The topological polar surface area (TPSA) is 189 Å². The Morgan fingerprint density at radius 1 is 0.557 bits per heavy atom. The molecule has 61 heavy (non-hydrogen) atoms. The second-order valence-corrected chi connectivity index (χ2v) is 18.2. The van der Waals surface area contributed by atoms with Crippen molar-refractivity contribution in [2.75, 3.05) is 13.2 Å². The molecule has 11 heteroatoms. The second-order valence-electron chi connectivity index (χ2n) is 18.2. The van der Waals surface area contributed by atoms with Crippen molar-refractivity contribution in [2.45, 2.75) is 287 Å². The number of aliphatic hydroxyl groups is 7. The first-order valence-electron chi connectivity index (χ1n) is 25.6. The fourth-order valence-electron chi connectivity index (χ4n) is 8.32. The quantitative estimate of drug-likeness (QED) is 0.0217. The Bertz CT molecular complexity index is 1000. The Morgan fingerprint density at radius 3 is 1.41 bits per heavy atom. The van der Waals surface area contributed by atoms with Gasteiger partial charge in [0.2, 0.25) is 5.91 Å². The third-order valence-corrected chi connectivity index (χ3v) is 12.6.